The standard InChI is InChI=1S/C11H19N3/c1-7(2)14-9(4)10(8(3)13-14)11(12)5-6-11/h7H,5-6,12H2,1-4H3. The third-order valence-corrected chi connectivity index (χ3v) is 3.10. The van der Waals surface area contributed by atoms with E-state index < -0.39 is 0 Å². The molecular weight excluding hydrogens is 174 g/mol. The molecule has 2 rings (SSSR count). The fourth-order valence-corrected chi connectivity index (χ4v) is 2.27. The number of hydrogen-bond acceptors (Lipinski definition) is 2. The van der Waals surface area contributed by atoms with Crippen molar-refractivity contribution in [3.05, 3.63) is 17.0 Å². The molecule has 78 valence electrons. The molecule has 3 heteroatoms. The number of aryl methyl sites for hydroxylation is 1. The molecule has 0 atom stereocenters. The third-order valence-electron chi connectivity index (χ3n) is 3.10. The molecular formula is C11H19N3. The van der Waals surface area contributed by atoms with E-state index in [0.717, 1.165) is 18.5 Å². The molecule has 1 aliphatic rings. The Kier molecular flexibility index (Phi) is 1.96. The van der Waals surface area contributed by atoms with E-state index in [9.17, 15) is 0 Å². The minimum Gasteiger partial charge on any atom is -0.321 e. The molecule has 0 aliphatic heterocycles. The Morgan fingerprint density at radius 1 is 1.36 bits per heavy atom. The van der Waals surface area contributed by atoms with Gasteiger partial charge in [0.2, 0.25) is 0 Å². The zero-order valence-corrected chi connectivity index (χ0v) is 9.46. The van der Waals surface area contributed by atoms with Crippen LogP contribution in [0.15, 0.2) is 0 Å². The van der Waals surface area contributed by atoms with Crippen molar-refractivity contribution < 1.29 is 0 Å². The van der Waals surface area contributed by atoms with Crippen LogP contribution >= 0.6 is 0 Å². The molecule has 1 fully saturated rings. The van der Waals surface area contributed by atoms with E-state index in [4.69, 9.17) is 5.73 Å². The van der Waals surface area contributed by atoms with Gasteiger partial charge in [-0.05, 0) is 40.5 Å². The number of nitrogens with zero attached hydrogens (tertiary/aromatic N) is 2. The molecule has 3 nitrogen and oxygen atoms in total. The summed E-state index contributed by atoms with van der Waals surface area (Å²) in [6, 6.07) is 0.421. The highest BCUT2D eigenvalue weighted by atomic mass is 15.3. The van der Waals surface area contributed by atoms with Crippen LogP contribution in [-0.2, 0) is 5.54 Å². The fraction of sp³-hybridized carbons (Fsp3) is 0.727. The van der Waals surface area contributed by atoms with Gasteiger partial charge in [-0.2, -0.15) is 5.10 Å². The van der Waals surface area contributed by atoms with E-state index >= 15 is 0 Å². The Balaban J connectivity index is 2.50. The lowest BCUT2D eigenvalue weighted by molar-refractivity contribution is 0.514. The fourth-order valence-electron chi connectivity index (χ4n) is 2.27. The molecule has 2 N–H and O–H groups in total. The molecule has 0 amide bonds. The lowest BCUT2D eigenvalue weighted by Gasteiger charge is -2.11. The normalized spacial score (nSPS) is 19.0. The van der Waals surface area contributed by atoms with Crippen LogP contribution in [0.3, 0.4) is 0 Å². The van der Waals surface area contributed by atoms with Crippen molar-refractivity contribution in [2.45, 2.75) is 52.1 Å². The van der Waals surface area contributed by atoms with E-state index in [0.29, 0.717) is 6.04 Å². The summed E-state index contributed by atoms with van der Waals surface area (Å²) < 4.78 is 2.08. The molecule has 1 heterocycles. The van der Waals surface area contributed by atoms with Crippen molar-refractivity contribution in [2.75, 3.05) is 0 Å². The Bertz CT molecular complexity index is 359. The van der Waals surface area contributed by atoms with Crippen molar-refractivity contribution in [3.63, 3.8) is 0 Å². The first-order valence-electron chi connectivity index (χ1n) is 5.31. The quantitative estimate of drug-likeness (QED) is 0.781. The van der Waals surface area contributed by atoms with Gasteiger partial charge in [0.25, 0.3) is 0 Å². The number of hydrogen-bond donors (Lipinski definition) is 1. The van der Waals surface area contributed by atoms with Crippen molar-refractivity contribution in [1.82, 2.24) is 9.78 Å². The van der Waals surface area contributed by atoms with E-state index in [1.165, 1.54) is 11.3 Å². The van der Waals surface area contributed by atoms with E-state index in [-0.39, 0.29) is 5.54 Å². The lowest BCUT2D eigenvalue weighted by Crippen LogP contribution is -2.20. The zero-order chi connectivity index (χ0) is 10.5. The molecule has 0 saturated heterocycles. The van der Waals surface area contributed by atoms with Gasteiger partial charge in [-0.15, -0.1) is 0 Å². The summed E-state index contributed by atoms with van der Waals surface area (Å²) >= 11 is 0. The molecule has 1 aromatic heterocycles. The van der Waals surface area contributed by atoms with E-state index in [1.807, 2.05) is 0 Å². The summed E-state index contributed by atoms with van der Waals surface area (Å²) in [6.45, 7) is 8.50. The largest absolute Gasteiger partial charge is 0.321 e. The maximum Gasteiger partial charge on any atom is 0.0647 e. The van der Waals surface area contributed by atoms with Crippen LogP contribution in [0.4, 0.5) is 0 Å². The van der Waals surface area contributed by atoms with Gasteiger partial charge in [-0.1, -0.05) is 0 Å². The highest BCUT2D eigenvalue weighted by Crippen LogP contribution is 2.45. The maximum absolute atomic E-state index is 6.23. The summed E-state index contributed by atoms with van der Waals surface area (Å²) in [5, 5.41) is 4.55. The summed E-state index contributed by atoms with van der Waals surface area (Å²) in [7, 11) is 0. The predicted molar refractivity (Wildman–Crippen MR) is 57.2 cm³/mol. The average molecular weight is 193 g/mol. The minimum absolute atomic E-state index is 0.0543. The Labute approximate surface area is 85.3 Å². The summed E-state index contributed by atoms with van der Waals surface area (Å²) in [5.74, 6) is 0. The SMILES string of the molecule is Cc1nn(C(C)C)c(C)c1C1(N)CC1. The van der Waals surface area contributed by atoms with Crippen LogP contribution in [-0.4, -0.2) is 9.78 Å². The highest BCUT2D eigenvalue weighted by molar-refractivity contribution is 5.36. The van der Waals surface area contributed by atoms with E-state index in [1.54, 1.807) is 0 Å². The number of rotatable bonds is 2. The Hall–Kier alpha value is -0.830. The number of nitrogens with two attached hydrogens (primary N) is 1. The second-order valence-electron chi connectivity index (χ2n) is 4.74. The molecule has 0 radical (unpaired) electrons. The molecule has 1 aliphatic carbocycles. The maximum atomic E-state index is 6.23. The smallest absolute Gasteiger partial charge is 0.0647 e. The summed E-state index contributed by atoms with van der Waals surface area (Å²) in [5.41, 5.74) is 9.81. The van der Waals surface area contributed by atoms with Gasteiger partial charge in [0.15, 0.2) is 0 Å². The minimum atomic E-state index is -0.0543. The van der Waals surface area contributed by atoms with Gasteiger partial charge in [0, 0.05) is 22.8 Å². The zero-order valence-electron chi connectivity index (χ0n) is 9.46. The molecule has 0 bridgehead atoms. The highest BCUT2D eigenvalue weighted by Gasteiger charge is 2.43. The molecule has 0 aromatic carbocycles. The van der Waals surface area contributed by atoms with Crippen LogP contribution in [0.2, 0.25) is 0 Å². The monoisotopic (exact) mass is 193 g/mol. The van der Waals surface area contributed by atoms with Crippen molar-refractivity contribution >= 4 is 0 Å². The van der Waals surface area contributed by atoms with Gasteiger partial charge in [0.05, 0.1) is 5.69 Å². The second-order valence-corrected chi connectivity index (χ2v) is 4.74. The second kappa shape index (κ2) is 2.83. The molecule has 0 spiro atoms. The molecule has 14 heavy (non-hydrogen) atoms. The number of aromatic nitrogens is 2. The van der Waals surface area contributed by atoms with Crippen LogP contribution in [0.5, 0.6) is 0 Å². The molecule has 1 saturated carbocycles. The first kappa shape index (κ1) is 9.71. The Morgan fingerprint density at radius 3 is 2.29 bits per heavy atom. The first-order chi connectivity index (χ1) is 6.46. The van der Waals surface area contributed by atoms with Gasteiger partial charge in [-0.25, -0.2) is 0 Å². The first-order valence-corrected chi connectivity index (χ1v) is 5.31. The average Bonchev–Trinajstić information content (AvgIpc) is 2.71. The van der Waals surface area contributed by atoms with Crippen molar-refractivity contribution in [1.29, 1.82) is 0 Å². The molecule has 1 aromatic rings. The van der Waals surface area contributed by atoms with Crippen LogP contribution < -0.4 is 5.73 Å². The van der Waals surface area contributed by atoms with Gasteiger partial charge < -0.3 is 5.73 Å². The topological polar surface area (TPSA) is 43.8 Å². The van der Waals surface area contributed by atoms with Gasteiger partial charge in [-0.3, -0.25) is 4.68 Å². The third kappa shape index (κ3) is 1.27. The Morgan fingerprint density at radius 2 is 1.93 bits per heavy atom. The predicted octanol–water partition coefficient (Wildman–Crippen LogP) is 2.03. The van der Waals surface area contributed by atoms with Crippen LogP contribution in [0.25, 0.3) is 0 Å². The molecule has 0 unspecified atom stereocenters. The van der Waals surface area contributed by atoms with Crippen molar-refractivity contribution in [2.24, 2.45) is 5.73 Å². The summed E-state index contributed by atoms with van der Waals surface area (Å²) in [4.78, 5) is 0. The lowest BCUT2D eigenvalue weighted by atomic mass is 10.0. The summed E-state index contributed by atoms with van der Waals surface area (Å²) in [6.07, 6.45) is 2.22. The van der Waals surface area contributed by atoms with Crippen LogP contribution in [0.1, 0.15) is 49.7 Å². The van der Waals surface area contributed by atoms with Crippen LogP contribution in [0, 0.1) is 13.8 Å². The van der Waals surface area contributed by atoms with Crippen molar-refractivity contribution in [3.8, 4) is 0 Å². The van der Waals surface area contributed by atoms with E-state index in [2.05, 4.69) is 37.5 Å². The van der Waals surface area contributed by atoms with Gasteiger partial charge in [0.1, 0.15) is 0 Å². The van der Waals surface area contributed by atoms with Gasteiger partial charge >= 0.3 is 0 Å².